The van der Waals surface area contributed by atoms with Crippen molar-refractivity contribution in [3.63, 3.8) is 0 Å². The van der Waals surface area contributed by atoms with E-state index in [2.05, 4.69) is 28.9 Å². The fraction of sp³-hybridized carbons (Fsp3) is 0.600. The number of hydrogen-bond acceptors (Lipinski definition) is 4. The summed E-state index contributed by atoms with van der Waals surface area (Å²) in [5.41, 5.74) is 0.520. The van der Waals surface area contributed by atoms with E-state index in [0.29, 0.717) is 17.9 Å². The smallest absolute Gasteiger partial charge is 0.263 e. The van der Waals surface area contributed by atoms with Crippen LogP contribution in [0, 0.1) is 11.8 Å². The van der Waals surface area contributed by atoms with Crippen LogP contribution in [0.1, 0.15) is 59.4 Å². The number of amidine groups is 1. The maximum atomic E-state index is 12.8. The number of aliphatic imine (C=N–C) groups is 1. The lowest BCUT2D eigenvalue weighted by Gasteiger charge is -2.20. The van der Waals surface area contributed by atoms with Gasteiger partial charge in [-0.15, -0.1) is 0 Å². The van der Waals surface area contributed by atoms with E-state index in [-0.39, 0.29) is 28.6 Å². The number of nitrogens with zero attached hydrogens (tertiary/aromatic N) is 1. The van der Waals surface area contributed by atoms with Crippen LogP contribution < -0.4 is 10.0 Å². The summed E-state index contributed by atoms with van der Waals surface area (Å²) in [5.74, 6) is 0.932. The summed E-state index contributed by atoms with van der Waals surface area (Å²) < 4.78 is 27.0. The maximum Gasteiger partial charge on any atom is 0.263 e. The Labute approximate surface area is 162 Å². The minimum atomic E-state index is -3.61. The zero-order valence-electron chi connectivity index (χ0n) is 16.8. The molecule has 2 rings (SSSR count). The second-order valence-electron chi connectivity index (χ2n) is 8.11. The monoisotopic (exact) mass is 393 g/mol. The first-order valence-corrected chi connectivity index (χ1v) is 11.1. The number of hydrogen-bond donors (Lipinski definition) is 2. The molecular formula is C20H31N3O3S. The molecule has 0 aliphatic carbocycles. The van der Waals surface area contributed by atoms with Crippen molar-refractivity contribution >= 4 is 21.8 Å². The molecule has 2 atom stereocenters. The molecule has 6 nitrogen and oxygen atoms in total. The van der Waals surface area contributed by atoms with Crippen LogP contribution in [0.5, 0.6) is 0 Å². The molecule has 27 heavy (non-hydrogen) atoms. The number of amides is 1. The van der Waals surface area contributed by atoms with Crippen molar-refractivity contribution in [2.24, 2.45) is 16.8 Å². The standard InChI is InChI=1S/C20H31N3O3S/c1-13(2)10-11-15(5)21-20(24)17(12-14(3)4)22-19-16-8-6-7-9-18(16)27(25,26)23-19/h6-9,13-15,17H,10-12H2,1-5H3,(H,21,24)(H,22,23). The van der Waals surface area contributed by atoms with Crippen molar-refractivity contribution in [2.75, 3.05) is 0 Å². The molecule has 0 radical (unpaired) electrons. The highest BCUT2D eigenvalue weighted by Crippen LogP contribution is 2.23. The molecule has 0 saturated carbocycles. The lowest BCUT2D eigenvalue weighted by Crippen LogP contribution is -2.41. The highest BCUT2D eigenvalue weighted by Gasteiger charge is 2.32. The maximum absolute atomic E-state index is 12.8. The van der Waals surface area contributed by atoms with Crippen molar-refractivity contribution in [3.8, 4) is 0 Å². The quantitative estimate of drug-likeness (QED) is 0.711. The first-order chi connectivity index (χ1) is 12.6. The average Bonchev–Trinajstić information content (AvgIpc) is 2.83. The van der Waals surface area contributed by atoms with Crippen LogP contribution in [0.25, 0.3) is 0 Å². The molecule has 0 saturated heterocycles. The molecule has 1 aromatic rings. The highest BCUT2D eigenvalue weighted by atomic mass is 32.2. The zero-order chi connectivity index (χ0) is 20.2. The number of nitrogens with one attached hydrogen (secondary N) is 2. The minimum Gasteiger partial charge on any atom is -0.352 e. The molecular weight excluding hydrogens is 362 g/mol. The number of carbonyl (C=O) groups is 1. The molecule has 1 aliphatic rings. The van der Waals surface area contributed by atoms with Crippen molar-refractivity contribution in [1.29, 1.82) is 0 Å². The molecule has 1 aliphatic heterocycles. The lowest BCUT2D eigenvalue weighted by atomic mass is 10.0. The van der Waals surface area contributed by atoms with E-state index >= 15 is 0 Å². The number of sulfonamides is 1. The van der Waals surface area contributed by atoms with Gasteiger partial charge in [-0.05, 0) is 50.2 Å². The molecule has 2 N–H and O–H groups in total. The largest absolute Gasteiger partial charge is 0.352 e. The Morgan fingerprint density at radius 2 is 1.74 bits per heavy atom. The summed E-state index contributed by atoms with van der Waals surface area (Å²) in [5, 5.41) is 3.04. The van der Waals surface area contributed by atoms with Gasteiger partial charge in [-0.3, -0.25) is 14.5 Å². The van der Waals surface area contributed by atoms with Gasteiger partial charge in [-0.2, -0.15) is 0 Å². The molecule has 7 heteroatoms. The molecule has 0 bridgehead atoms. The average molecular weight is 394 g/mol. The summed E-state index contributed by atoms with van der Waals surface area (Å²) in [6.07, 6.45) is 2.50. The van der Waals surface area contributed by atoms with Crippen LogP contribution in [-0.4, -0.2) is 32.2 Å². The molecule has 0 spiro atoms. The van der Waals surface area contributed by atoms with Crippen LogP contribution in [0.2, 0.25) is 0 Å². The van der Waals surface area contributed by atoms with Crippen LogP contribution in [0.15, 0.2) is 34.2 Å². The molecule has 0 aromatic heterocycles. The topological polar surface area (TPSA) is 87.6 Å². The van der Waals surface area contributed by atoms with Gasteiger partial charge in [0, 0.05) is 11.6 Å². The normalized spacial score (nSPS) is 19.0. The Balaban J connectivity index is 2.22. The van der Waals surface area contributed by atoms with E-state index in [1.165, 1.54) is 0 Å². The fourth-order valence-corrected chi connectivity index (χ4v) is 4.28. The second kappa shape index (κ2) is 8.87. The lowest BCUT2D eigenvalue weighted by molar-refractivity contribution is -0.123. The van der Waals surface area contributed by atoms with E-state index in [1.807, 2.05) is 20.8 Å². The van der Waals surface area contributed by atoms with E-state index in [4.69, 9.17) is 0 Å². The highest BCUT2D eigenvalue weighted by molar-refractivity contribution is 7.90. The Morgan fingerprint density at radius 3 is 2.37 bits per heavy atom. The van der Waals surface area contributed by atoms with Gasteiger partial charge in [-0.1, -0.05) is 39.8 Å². The third-order valence-corrected chi connectivity index (χ3v) is 5.91. The number of carbonyl (C=O) groups excluding carboxylic acids is 1. The van der Waals surface area contributed by atoms with Gasteiger partial charge < -0.3 is 5.32 Å². The van der Waals surface area contributed by atoms with Crippen LogP contribution in [0.3, 0.4) is 0 Å². The predicted octanol–water partition coefficient (Wildman–Crippen LogP) is 3.08. The minimum absolute atomic E-state index is 0.0577. The van der Waals surface area contributed by atoms with E-state index in [9.17, 15) is 13.2 Å². The third-order valence-electron chi connectivity index (χ3n) is 4.51. The summed E-state index contributed by atoms with van der Waals surface area (Å²) in [7, 11) is -3.61. The van der Waals surface area contributed by atoms with Crippen LogP contribution in [-0.2, 0) is 14.8 Å². The van der Waals surface area contributed by atoms with Gasteiger partial charge in [0.05, 0.1) is 4.90 Å². The molecule has 1 aromatic carbocycles. The Kier molecular flexibility index (Phi) is 7.03. The summed E-state index contributed by atoms with van der Waals surface area (Å²) >= 11 is 0. The predicted molar refractivity (Wildman–Crippen MR) is 108 cm³/mol. The number of benzene rings is 1. The van der Waals surface area contributed by atoms with Crippen molar-refractivity contribution in [1.82, 2.24) is 10.0 Å². The Hall–Kier alpha value is -1.89. The Morgan fingerprint density at radius 1 is 1.07 bits per heavy atom. The van der Waals surface area contributed by atoms with Gasteiger partial charge in [0.1, 0.15) is 11.9 Å². The van der Waals surface area contributed by atoms with Crippen LogP contribution >= 0.6 is 0 Å². The summed E-state index contributed by atoms with van der Waals surface area (Å²) in [4.78, 5) is 17.5. The van der Waals surface area contributed by atoms with E-state index in [1.54, 1.807) is 24.3 Å². The third kappa shape index (κ3) is 5.79. The molecule has 2 unspecified atom stereocenters. The Bertz CT molecular complexity index is 800. The molecule has 1 amide bonds. The molecule has 1 heterocycles. The summed E-state index contributed by atoms with van der Waals surface area (Å²) in [6, 6.07) is 6.13. The second-order valence-corrected chi connectivity index (χ2v) is 9.76. The van der Waals surface area contributed by atoms with Gasteiger partial charge >= 0.3 is 0 Å². The van der Waals surface area contributed by atoms with Gasteiger partial charge in [-0.25, -0.2) is 8.42 Å². The number of fused-ring (bicyclic) bond motifs is 1. The van der Waals surface area contributed by atoms with Gasteiger partial charge in [0.2, 0.25) is 5.91 Å². The van der Waals surface area contributed by atoms with Crippen molar-refractivity contribution in [2.45, 2.75) is 70.9 Å². The van der Waals surface area contributed by atoms with Crippen molar-refractivity contribution in [3.05, 3.63) is 29.8 Å². The van der Waals surface area contributed by atoms with Gasteiger partial charge in [0.15, 0.2) is 0 Å². The first-order valence-electron chi connectivity index (χ1n) is 9.60. The SMILES string of the molecule is CC(C)CCC(C)NC(=O)C(CC(C)C)N=C1NS(=O)(=O)c2ccccc21. The van der Waals surface area contributed by atoms with E-state index < -0.39 is 16.1 Å². The van der Waals surface area contributed by atoms with Crippen molar-refractivity contribution < 1.29 is 13.2 Å². The molecule has 0 fully saturated rings. The van der Waals surface area contributed by atoms with E-state index in [0.717, 1.165) is 12.8 Å². The fourth-order valence-electron chi connectivity index (χ4n) is 3.05. The molecule has 150 valence electrons. The number of rotatable bonds is 8. The first kappa shape index (κ1) is 21.4. The summed E-state index contributed by atoms with van der Waals surface area (Å²) in [6.45, 7) is 10.4. The van der Waals surface area contributed by atoms with Gasteiger partial charge in [0.25, 0.3) is 10.0 Å². The van der Waals surface area contributed by atoms with Crippen LogP contribution in [0.4, 0.5) is 0 Å². The zero-order valence-corrected chi connectivity index (χ0v) is 17.6.